The minimum atomic E-state index is -0.560. The van der Waals surface area contributed by atoms with Gasteiger partial charge in [-0.25, -0.2) is 9.18 Å². The molecule has 110 valence electrons. The molecule has 1 aliphatic rings. The van der Waals surface area contributed by atoms with Crippen molar-refractivity contribution in [2.24, 2.45) is 5.73 Å². The highest BCUT2D eigenvalue weighted by Crippen LogP contribution is 2.16. The van der Waals surface area contributed by atoms with E-state index in [2.05, 4.69) is 9.64 Å². The number of benzene rings is 1. The van der Waals surface area contributed by atoms with Crippen molar-refractivity contribution in [2.45, 2.75) is 19.2 Å². The zero-order valence-electron chi connectivity index (χ0n) is 11.5. The summed E-state index contributed by atoms with van der Waals surface area (Å²) in [4.78, 5) is 13.6. The third-order valence-electron chi connectivity index (χ3n) is 3.40. The molecule has 1 atom stereocenters. The number of ether oxygens (including phenoxy) is 2. The molecule has 0 spiro atoms. The van der Waals surface area contributed by atoms with Crippen LogP contribution in [0.4, 0.5) is 4.39 Å². The molecular formula is C14H19FN2O3. The highest BCUT2D eigenvalue weighted by molar-refractivity contribution is 5.74. The highest BCUT2D eigenvalue weighted by Gasteiger charge is 2.27. The number of esters is 1. The molecule has 20 heavy (non-hydrogen) atoms. The van der Waals surface area contributed by atoms with Gasteiger partial charge < -0.3 is 15.2 Å². The predicted octanol–water partition coefficient (Wildman–Crippen LogP) is 0.658. The maximum Gasteiger partial charge on any atom is 0.336 e. The first-order valence-corrected chi connectivity index (χ1v) is 6.53. The van der Waals surface area contributed by atoms with Gasteiger partial charge in [0.25, 0.3) is 0 Å². The topological polar surface area (TPSA) is 64.8 Å². The van der Waals surface area contributed by atoms with Gasteiger partial charge in [0.15, 0.2) is 6.10 Å². The number of carbonyl (C=O) groups excluding carboxylic acids is 1. The molecule has 1 aromatic carbocycles. The maximum absolute atomic E-state index is 13.2. The van der Waals surface area contributed by atoms with Gasteiger partial charge in [0.05, 0.1) is 13.7 Å². The Balaban J connectivity index is 2.04. The van der Waals surface area contributed by atoms with Crippen molar-refractivity contribution in [3.05, 3.63) is 35.1 Å². The molecule has 1 unspecified atom stereocenters. The molecule has 0 bridgehead atoms. The Bertz CT molecular complexity index is 481. The lowest BCUT2D eigenvalue weighted by molar-refractivity contribution is -0.160. The first-order valence-electron chi connectivity index (χ1n) is 6.53. The summed E-state index contributed by atoms with van der Waals surface area (Å²) in [6.45, 7) is 2.56. The van der Waals surface area contributed by atoms with Gasteiger partial charge in [-0.15, -0.1) is 0 Å². The number of carbonyl (C=O) groups is 1. The van der Waals surface area contributed by atoms with E-state index in [0.717, 1.165) is 17.7 Å². The average Bonchev–Trinajstić information content (AvgIpc) is 2.48. The molecule has 1 fully saturated rings. The number of halogens is 1. The third kappa shape index (κ3) is 3.53. The summed E-state index contributed by atoms with van der Waals surface area (Å²) >= 11 is 0. The number of morpholine rings is 1. The summed E-state index contributed by atoms with van der Waals surface area (Å²) < 4.78 is 23.2. The smallest absolute Gasteiger partial charge is 0.336 e. The molecule has 6 heteroatoms. The van der Waals surface area contributed by atoms with Crippen LogP contribution in [0, 0.1) is 5.82 Å². The fraction of sp³-hybridized carbons (Fsp3) is 0.500. The summed E-state index contributed by atoms with van der Waals surface area (Å²) in [5.41, 5.74) is 7.39. The van der Waals surface area contributed by atoms with Crippen molar-refractivity contribution in [1.29, 1.82) is 0 Å². The third-order valence-corrected chi connectivity index (χ3v) is 3.40. The Kier molecular flexibility index (Phi) is 5.05. The number of hydrogen-bond acceptors (Lipinski definition) is 5. The lowest BCUT2D eigenvalue weighted by atomic mass is 10.1. The second-order valence-electron chi connectivity index (χ2n) is 4.73. The van der Waals surface area contributed by atoms with E-state index < -0.39 is 6.10 Å². The van der Waals surface area contributed by atoms with Crippen LogP contribution in [0.5, 0.6) is 0 Å². The van der Waals surface area contributed by atoms with Crippen molar-refractivity contribution in [1.82, 2.24) is 4.90 Å². The molecule has 1 aromatic rings. The normalized spacial score (nSPS) is 19.9. The summed E-state index contributed by atoms with van der Waals surface area (Å²) in [6, 6.07) is 4.61. The van der Waals surface area contributed by atoms with Crippen molar-refractivity contribution in [3.8, 4) is 0 Å². The number of rotatable bonds is 4. The molecule has 0 amide bonds. The van der Waals surface area contributed by atoms with E-state index in [1.54, 1.807) is 6.07 Å². The van der Waals surface area contributed by atoms with Crippen molar-refractivity contribution in [2.75, 3.05) is 26.8 Å². The lowest BCUT2D eigenvalue weighted by Gasteiger charge is -2.31. The van der Waals surface area contributed by atoms with Crippen LogP contribution >= 0.6 is 0 Å². The molecule has 0 aromatic heterocycles. The Hall–Kier alpha value is -1.50. The standard InChI is InChI=1S/C14H19FN2O3/c1-19-14(18)13-9-17(4-5-20-13)8-10-2-3-12(15)6-11(10)7-16/h2-3,6,13H,4-5,7-9,16H2,1H3. The number of nitrogens with two attached hydrogens (primary N) is 1. The van der Waals surface area contributed by atoms with Gasteiger partial charge >= 0.3 is 5.97 Å². The second kappa shape index (κ2) is 6.78. The van der Waals surface area contributed by atoms with Crippen LogP contribution in [0.25, 0.3) is 0 Å². The molecule has 0 saturated carbocycles. The Labute approximate surface area is 117 Å². The van der Waals surface area contributed by atoms with Gasteiger partial charge in [0, 0.05) is 26.2 Å². The van der Waals surface area contributed by atoms with E-state index in [0.29, 0.717) is 19.7 Å². The zero-order valence-corrected chi connectivity index (χ0v) is 11.5. The molecule has 5 nitrogen and oxygen atoms in total. The fourth-order valence-corrected chi connectivity index (χ4v) is 2.30. The molecule has 0 aliphatic carbocycles. The van der Waals surface area contributed by atoms with Gasteiger partial charge in [0.1, 0.15) is 5.82 Å². The summed E-state index contributed by atoms with van der Waals surface area (Å²) in [5.74, 6) is -0.656. The van der Waals surface area contributed by atoms with E-state index in [1.165, 1.54) is 19.2 Å². The van der Waals surface area contributed by atoms with E-state index in [-0.39, 0.29) is 18.3 Å². The van der Waals surface area contributed by atoms with Crippen molar-refractivity contribution in [3.63, 3.8) is 0 Å². The molecule has 1 saturated heterocycles. The van der Waals surface area contributed by atoms with Gasteiger partial charge in [-0.2, -0.15) is 0 Å². The monoisotopic (exact) mass is 282 g/mol. The molecule has 2 rings (SSSR count). The van der Waals surface area contributed by atoms with Crippen LogP contribution in [-0.2, 0) is 27.4 Å². The molecule has 1 heterocycles. The van der Waals surface area contributed by atoms with E-state index >= 15 is 0 Å². The Morgan fingerprint density at radius 3 is 3.05 bits per heavy atom. The lowest BCUT2D eigenvalue weighted by Crippen LogP contribution is -2.46. The van der Waals surface area contributed by atoms with E-state index in [4.69, 9.17) is 10.5 Å². The first-order chi connectivity index (χ1) is 9.63. The van der Waals surface area contributed by atoms with Crippen molar-refractivity contribution < 1.29 is 18.7 Å². The van der Waals surface area contributed by atoms with Crippen LogP contribution < -0.4 is 5.73 Å². The Morgan fingerprint density at radius 2 is 2.35 bits per heavy atom. The number of nitrogens with zero attached hydrogens (tertiary/aromatic N) is 1. The number of methoxy groups -OCH3 is 1. The molecule has 2 N–H and O–H groups in total. The van der Waals surface area contributed by atoms with Crippen LogP contribution in [0.1, 0.15) is 11.1 Å². The number of hydrogen-bond donors (Lipinski definition) is 1. The van der Waals surface area contributed by atoms with E-state index in [1.807, 2.05) is 0 Å². The van der Waals surface area contributed by atoms with Gasteiger partial charge in [-0.3, -0.25) is 4.90 Å². The average molecular weight is 282 g/mol. The van der Waals surface area contributed by atoms with Crippen LogP contribution in [0.15, 0.2) is 18.2 Å². The maximum atomic E-state index is 13.2. The minimum Gasteiger partial charge on any atom is -0.467 e. The molecular weight excluding hydrogens is 263 g/mol. The quantitative estimate of drug-likeness (QED) is 0.822. The highest BCUT2D eigenvalue weighted by atomic mass is 19.1. The van der Waals surface area contributed by atoms with E-state index in [9.17, 15) is 9.18 Å². The Morgan fingerprint density at radius 1 is 1.55 bits per heavy atom. The molecule has 0 radical (unpaired) electrons. The van der Waals surface area contributed by atoms with Crippen molar-refractivity contribution >= 4 is 5.97 Å². The van der Waals surface area contributed by atoms with Gasteiger partial charge in [-0.1, -0.05) is 6.07 Å². The zero-order chi connectivity index (χ0) is 14.5. The summed E-state index contributed by atoms with van der Waals surface area (Å²) in [6.07, 6.45) is -0.560. The van der Waals surface area contributed by atoms with Crippen LogP contribution in [0.3, 0.4) is 0 Å². The van der Waals surface area contributed by atoms with Crippen LogP contribution in [-0.4, -0.2) is 43.8 Å². The van der Waals surface area contributed by atoms with Gasteiger partial charge in [0.2, 0.25) is 0 Å². The van der Waals surface area contributed by atoms with Crippen LogP contribution in [0.2, 0.25) is 0 Å². The summed E-state index contributed by atoms with van der Waals surface area (Å²) in [7, 11) is 1.34. The first kappa shape index (κ1) is 14.9. The fourth-order valence-electron chi connectivity index (χ4n) is 2.30. The second-order valence-corrected chi connectivity index (χ2v) is 4.73. The predicted molar refractivity (Wildman–Crippen MR) is 71.3 cm³/mol. The van der Waals surface area contributed by atoms with Gasteiger partial charge in [-0.05, 0) is 23.3 Å². The largest absolute Gasteiger partial charge is 0.467 e. The summed E-state index contributed by atoms with van der Waals surface area (Å²) in [5, 5.41) is 0. The molecule has 1 aliphatic heterocycles. The minimum absolute atomic E-state index is 0.288. The SMILES string of the molecule is COC(=O)C1CN(Cc2ccc(F)cc2CN)CCO1.